The number of alkyl halides is 3. The zero-order valence-corrected chi connectivity index (χ0v) is 11.0. The Hall–Kier alpha value is -0.780. The Labute approximate surface area is 111 Å². The molecule has 0 radical (unpaired) electrons. The van der Waals surface area contributed by atoms with Crippen LogP contribution in [0.3, 0.4) is 0 Å². The van der Waals surface area contributed by atoms with Gasteiger partial charge in [0.2, 0.25) is 5.91 Å². The van der Waals surface area contributed by atoms with Crippen LogP contribution >= 0.6 is 0 Å². The lowest BCUT2D eigenvalue weighted by Gasteiger charge is -2.39. The highest BCUT2D eigenvalue weighted by molar-refractivity contribution is 5.76. The summed E-state index contributed by atoms with van der Waals surface area (Å²) in [6.07, 6.45) is -0.672. The highest BCUT2D eigenvalue weighted by Gasteiger charge is 2.35. The van der Waals surface area contributed by atoms with Crippen molar-refractivity contribution in [2.24, 2.45) is 0 Å². The molecule has 1 N–H and O–H groups in total. The molecule has 0 saturated carbocycles. The highest BCUT2D eigenvalue weighted by Crippen LogP contribution is 2.27. The molecule has 3 nitrogen and oxygen atoms in total. The lowest BCUT2D eigenvalue weighted by molar-refractivity contribution is -0.151. The number of hydrogen-bond donors (Lipinski definition) is 1. The van der Waals surface area contributed by atoms with Gasteiger partial charge in [-0.25, -0.2) is 0 Å². The second-order valence-corrected chi connectivity index (χ2v) is 5.47. The summed E-state index contributed by atoms with van der Waals surface area (Å²) in [7, 11) is 0. The van der Waals surface area contributed by atoms with Crippen LogP contribution < -0.4 is 5.32 Å². The number of piperidine rings is 1. The van der Waals surface area contributed by atoms with Gasteiger partial charge in [0.25, 0.3) is 0 Å². The van der Waals surface area contributed by atoms with E-state index in [4.69, 9.17) is 0 Å². The van der Waals surface area contributed by atoms with Crippen molar-refractivity contribution >= 4 is 5.91 Å². The second-order valence-electron chi connectivity index (χ2n) is 5.47. The van der Waals surface area contributed by atoms with Crippen LogP contribution in [0.4, 0.5) is 13.2 Å². The number of rotatable bonds is 3. The molecule has 2 aliphatic heterocycles. The second kappa shape index (κ2) is 6.11. The molecule has 2 unspecified atom stereocenters. The van der Waals surface area contributed by atoms with Crippen molar-refractivity contribution < 1.29 is 18.0 Å². The number of hydrogen-bond acceptors (Lipinski definition) is 2. The molecule has 0 aromatic carbocycles. The van der Waals surface area contributed by atoms with Crippen molar-refractivity contribution in [3.63, 3.8) is 0 Å². The van der Waals surface area contributed by atoms with E-state index < -0.39 is 19.0 Å². The predicted octanol–water partition coefficient (Wildman–Crippen LogP) is 2.46. The van der Waals surface area contributed by atoms with Gasteiger partial charge in [-0.2, -0.15) is 13.2 Å². The normalized spacial score (nSPS) is 28.7. The minimum Gasteiger partial charge on any atom is -0.338 e. The number of halogens is 3. The zero-order chi connectivity index (χ0) is 13.9. The molecule has 110 valence electrons. The van der Waals surface area contributed by atoms with Crippen LogP contribution in [0.1, 0.15) is 44.9 Å². The fourth-order valence-electron chi connectivity index (χ4n) is 3.12. The van der Waals surface area contributed by atoms with E-state index in [2.05, 4.69) is 5.32 Å². The van der Waals surface area contributed by atoms with Crippen molar-refractivity contribution in [2.45, 2.75) is 63.2 Å². The predicted molar refractivity (Wildman–Crippen MR) is 65.7 cm³/mol. The van der Waals surface area contributed by atoms with E-state index in [1.807, 2.05) is 0 Å². The van der Waals surface area contributed by atoms with Gasteiger partial charge in [-0.1, -0.05) is 0 Å². The molecule has 0 bridgehead atoms. The lowest BCUT2D eigenvalue weighted by Crippen LogP contribution is -2.52. The van der Waals surface area contributed by atoms with E-state index in [1.165, 1.54) is 0 Å². The average molecular weight is 278 g/mol. The largest absolute Gasteiger partial charge is 0.389 e. The molecule has 2 saturated heterocycles. The Kier molecular flexibility index (Phi) is 4.71. The summed E-state index contributed by atoms with van der Waals surface area (Å²) >= 11 is 0. The average Bonchev–Trinajstić information content (AvgIpc) is 2.89. The molecular weight excluding hydrogens is 257 g/mol. The van der Waals surface area contributed by atoms with Gasteiger partial charge in [-0.05, 0) is 38.6 Å². The van der Waals surface area contributed by atoms with E-state index in [1.54, 1.807) is 4.90 Å². The first-order valence-corrected chi connectivity index (χ1v) is 7.07. The zero-order valence-electron chi connectivity index (χ0n) is 11.0. The first kappa shape index (κ1) is 14.6. The molecule has 0 aliphatic carbocycles. The molecule has 2 fully saturated rings. The van der Waals surface area contributed by atoms with E-state index in [0.717, 1.165) is 38.6 Å². The summed E-state index contributed by atoms with van der Waals surface area (Å²) < 4.78 is 36.6. The Morgan fingerprint density at radius 3 is 2.63 bits per heavy atom. The van der Waals surface area contributed by atoms with E-state index >= 15 is 0 Å². The summed E-state index contributed by atoms with van der Waals surface area (Å²) in [6, 6.07) is 0.368. The molecule has 19 heavy (non-hydrogen) atoms. The number of carbonyl (C=O) groups excluding carboxylic acids is 1. The van der Waals surface area contributed by atoms with Gasteiger partial charge in [0.1, 0.15) is 0 Å². The van der Waals surface area contributed by atoms with Gasteiger partial charge in [-0.15, -0.1) is 0 Å². The summed E-state index contributed by atoms with van der Waals surface area (Å²) in [4.78, 5) is 13.7. The van der Waals surface area contributed by atoms with Crippen molar-refractivity contribution in [3.05, 3.63) is 0 Å². The molecule has 2 rings (SSSR count). The summed E-state index contributed by atoms with van der Waals surface area (Å²) in [5, 5.41) is 3.37. The maximum absolute atomic E-state index is 12.2. The molecule has 2 atom stereocenters. The molecule has 2 aliphatic rings. The molecule has 1 amide bonds. The maximum Gasteiger partial charge on any atom is 0.389 e. The standard InChI is InChI=1S/C13H21F3N2O/c14-13(15,16)7-6-12(19)18-9-2-1-5-11(18)10-4-3-8-17-10/h10-11,17H,1-9H2. The van der Waals surface area contributed by atoms with Crippen LogP contribution in [0.15, 0.2) is 0 Å². The van der Waals surface area contributed by atoms with Gasteiger partial charge < -0.3 is 10.2 Å². The third-order valence-electron chi connectivity index (χ3n) is 4.05. The number of nitrogens with zero attached hydrogens (tertiary/aromatic N) is 1. The maximum atomic E-state index is 12.2. The Bertz CT molecular complexity index is 314. The van der Waals surface area contributed by atoms with E-state index in [-0.39, 0.29) is 18.0 Å². The SMILES string of the molecule is O=C(CCC(F)(F)F)N1CCCCC1C1CCCN1. The van der Waals surface area contributed by atoms with Crippen molar-refractivity contribution in [3.8, 4) is 0 Å². The third-order valence-corrected chi connectivity index (χ3v) is 4.05. The molecular formula is C13H21F3N2O. The quantitative estimate of drug-likeness (QED) is 0.860. The highest BCUT2D eigenvalue weighted by atomic mass is 19.4. The number of likely N-dealkylation sites (tertiary alicyclic amines) is 1. The Morgan fingerprint density at radius 1 is 1.21 bits per heavy atom. The Morgan fingerprint density at radius 2 is 2.00 bits per heavy atom. The van der Waals surface area contributed by atoms with E-state index in [9.17, 15) is 18.0 Å². The minimum atomic E-state index is -4.24. The van der Waals surface area contributed by atoms with Crippen molar-refractivity contribution in [1.82, 2.24) is 10.2 Å². The molecule has 2 heterocycles. The molecule has 0 aromatic rings. The monoisotopic (exact) mass is 278 g/mol. The van der Waals surface area contributed by atoms with E-state index in [0.29, 0.717) is 6.54 Å². The Balaban J connectivity index is 1.92. The van der Waals surface area contributed by atoms with Crippen LogP contribution in [0.5, 0.6) is 0 Å². The number of carbonyl (C=O) groups is 1. The summed E-state index contributed by atoms with van der Waals surface area (Å²) in [6.45, 7) is 1.56. The minimum absolute atomic E-state index is 0.0944. The van der Waals surface area contributed by atoms with Crippen LogP contribution in [-0.4, -0.2) is 42.2 Å². The van der Waals surface area contributed by atoms with Crippen molar-refractivity contribution in [2.75, 3.05) is 13.1 Å². The summed E-state index contributed by atoms with van der Waals surface area (Å²) in [5.41, 5.74) is 0. The van der Waals surface area contributed by atoms with Gasteiger partial charge in [0.05, 0.1) is 6.42 Å². The van der Waals surface area contributed by atoms with Crippen LogP contribution in [0, 0.1) is 0 Å². The first-order valence-electron chi connectivity index (χ1n) is 7.07. The summed E-state index contributed by atoms with van der Waals surface area (Å²) in [5.74, 6) is -0.337. The molecule has 6 heteroatoms. The van der Waals surface area contributed by atoms with Crippen LogP contribution in [0.2, 0.25) is 0 Å². The van der Waals surface area contributed by atoms with Crippen LogP contribution in [0.25, 0.3) is 0 Å². The number of amides is 1. The van der Waals surface area contributed by atoms with Crippen molar-refractivity contribution in [1.29, 1.82) is 0 Å². The molecule has 0 spiro atoms. The van der Waals surface area contributed by atoms with Gasteiger partial charge >= 0.3 is 6.18 Å². The third kappa shape index (κ3) is 4.09. The fraction of sp³-hybridized carbons (Fsp3) is 0.923. The smallest absolute Gasteiger partial charge is 0.338 e. The first-order chi connectivity index (χ1) is 8.97. The topological polar surface area (TPSA) is 32.3 Å². The van der Waals surface area contributed by atoms with Gasteiger partial charge in [-0.3, -0.25) is 4.79 Å². The van der Waals surface area contributed by atoms with Gasteiger partial charge in [0, 0.05) is 25.0 Å². The number of nitrogens with one attached hydrogen (secondary N) is 1. The van der Waals surface area contributed by atoms with Gasteiger partial charge in [0.15, 0.2) is 0 Å². The fourth-order valence-corrected chi connectivity index (χ4v) is 3.12. The van der Waals surface area contributed by atoms with Crippen LogP contribution in [-0.2, 0) is 4.79 Å². The molecule has 0 aromatic heterocycles. The lowest BCUT2D eigenvalue weighted by atomic mass is 9.94.